The molecule has 0 aromatic heterocycles. The first kappa shape index (κ1) is 12.9. The fourth-order valence-electron chi connectivity index (χ4n) is 1.68. The van der Waals surface area contributed by atoms with Gasteiger partial charge in [-0.1, -0.05) is 13.0 Å². The summed E-state index contributed by atoms with van der Waals surface area (Å²) in [6, 6.07) is 7.56. The van der Waals surface area contributed by atoms with Crippen molar-refractivity contribution in [2.75, 3.05) is 18.4 Å². The molecule has 1 unspecified atom stereocenters. The Kier molecular flexibility index (Phi) is 4.20. The Morgan fingerprint density at radius 2 is 2.33 bits per heavy atom. The van der Waals surface area contributed by atoms with Gasteiger partial charge in [-0.15, -0.1) is 0 Å². The van der Waals surface area contributed by atoms with E-state index in [1.165, 1.54) is 0 Å². The van der Waals surface area contributed by atoms with Crippen LogP contribution in [0.3, 0.4) is 0 Å². The summed E-state index contributed by atoms with van der Waals surface area (Å²) in [6.07, 6.45) is 1.15. The molecular formula is C14H20N2O2. The van der Waals surface area contributed by atoms with E-state index in [4.69, 9.17) is 4.74 Å². The summed E-state index contributed by atoms with van der Waals surface area (Å²) in [5.74, 6) is 0.979. The fraction of sp³-hybridized carbons (Fsp3) is 0.500. The average molecular weight is 248 g/mol. The molecule has 0 bridgehead atoms. The topological polar surface area (TPSA) is 50.4 Å². The highest BCUT2D eigenvalue weighted by Crippen LogP contribution is 2.20. The zero-order valence-electron chi connectivity index (χ0n) is 10.9. The Bertz CT molecular complexity index is 416. The van der Waals surface area contributed by atoms with Crippen LogP contribution in [0.5, 0.6) is 5.75 Å². The second-order valence-electron chi connectivity index (χ2n) is 4.71. The summed E-state index contributed by atoms with van der Waals surface area (Å²) in [5.41, 5.74) is 0.799. The van der Waals surface area contributed by atoms with Crippen molar-refractivity contribution in [2.24, 2.45) is 5.92 Å². The van der Waals surface area contributed by atoms with Crippen molar-refractivity contribution >= 4 is 11.6 Å². The number of amides is 1. The molecule has 18 heavy (non-hydrogen) atoms. The minimum absolute atomic E-state index is 0.0782. The molecule has 1 aromatic rings. The zero-order valence-corrected chi connectivity index (χ0v) is 10.9. The zero-order chi connectivity index (χ0) is 13.0. The van der Waals surface area contributed by atoms with Crippen LogP contribution in [0.2, 0.25) is 0 Å². The van der Waals surface area contributed by atoms with E-state index in [0.29, 0.717) is 0 Å². The number of ether oxygens (including phenoxy) is 1. The molecule has 1 amide bonds. The van der Waals surface area contributed by atoms with E-state index >= 15 is 0 Å². The molecule has 1 aliphatic rings. The fourth-order valence-corrected chi connectivity index (χ4v) is 1.68. The first-order valence-electron chi connectivity index (χ1n) is 6.47. The molecule has 1 aromatic carbocycles. The maximum absolute atomic E-state index is 11.8. The minimum atomic E-state index is 0.0782. The molecule has 1 aliphatic heterocycles. The first-order chi connectivity index (χ1) is 8.69. The lowest BCUT2D eigenvalue weighted by molar-refractivity contribution is -0.121. The van der Waals surface area contributed by atoms with Crippen LogP contribution in [0.25, 0.3) is 0 Å². The highest BCUT2D eigenvalue weighted by Gasteiger charge is 2.24. The number of hydrogen-bond acceptors (Lipinski definition) is 3. The Labute approximate surface area is 108 Å². The molecule has 0 spiro atoms. The Hall–Kier alpha value is -1.55. The maximum atomic E-state index is 11.8. The number of benzene rings is 1. The van der Waals surface area contributed by atoms with Gasteiger partial charge in [-0.3, -0.25) is 4.79 Å². The summed E-state index contributed by atoms with van der Waals surface area (Å²) in [5, 5.41) is 6.00. The van der Waals surface area contributed by atoms with Crippen molar-refractivity contribution in [3.05, 3.63) is 24.3 Å². The quantitative estimate of drug-likeness (QED) is 0.838. The number of nitrogens with one attached hydrogen (secondary N) is 2. The molecule has 98 valence electrons. The van der Waals surface area contributed by atoms with Gasteiger partial charge in [0.05, 0.1) is 12.0 Å². The third-order valence-corrected chi connectivity index (χ3v) is 3.17. The first-order valence-corrected chi connectivity index (χ1v) is 6.47. The van der Waals surface area contributed by atoms with Gasteiger partial charge in [0, 0.05) is 24.8 Å². The van der Waals surface area contributed by atoms with Gasteiger partial charge in [0.25, 0.3) is 0 Å². The highest BCUT2D eigenvalue weighted by atomic mass is 16.5. The molecule has 2 N–H and O–H groups in total. The third kappa shape index (κ3) is 3.23. The summed E-state index contributed by atoms with van der Waals surface area (Å²) in [4.78, 5) is 11.8. The van der Waals surface area contributed by atoms with Gasteiger partial charge >= 0.3 is 0 Å². The van der Waals surface area contributed by atoms with Crippen LogP contribution in [-0.4, -0.2) is 25.1 Å². The summed E-state index contributed by atoms with van der Waals surface area (Å²) >= 11 is 0. The lowest BCUT2D eigenvalue weighted by Gasteiger charge is -2.25. The highest BCUT2D eigenvalue weighted by molar-refractivity contribution is 5.93. The molecule has 4 heteroatoms. The molecule has 2 rings (SSSR count). The van der Waals surface area contributed by atoms with Gasteiger partial charge in [-0.25, -0.2) is 0 Å². The van der Waals surface area contributed by atoms with Crippen molar-refractivity contribution < 1.29 is 9.53 Å². The Balaban J connectivity index is 1.95. The van der Waals surface area contributed by atoms with Crippen molar-refractivity contribution in [1.82, 2.24) is 5.32 Å². The predicted octanol–water partition coefficient (Wildman–Crippen LogP) is 2.02. The molecular weight excluding hydrogens is 228 g/mol. The number of anilines is 1. The largest absolute Gasteiger partial charge is 0.491 e. The second-order valence-corrected chi connectivity index (χ2v) is 4.71. The van der Waals surface area contributed by atoms with Crippen molar-refractivity contribution in [2.45, 2.75) is 26.4 Å². The van der Waals surface area contributed by atoms with Crippen LogP contribution in [0.1, 0.15) is 20.3 Å². The Morgan fingerprint density at radius 3 is 2.94 bits per heavy atom. The van der Waals surface area contributed by atoms with Crippen LogP contribution in [0.15, 0.2) is 24.3 Å². The molecule has 1 atom stereocenters. The Morgan fingerprint density at radius 1 is 1.56 bits per heavy atom. The van der Waals surface area contributed by atoms with E-state index in [1.54, 1.807) is 0 Å². The smallest absolute Gasteiger partial charge is 0.230 e. The van der Waals surface area contributed by atoms with Gasteiger partial charge in [0.15, 0.2) is 0 Å². The van der Waals surface area contributed by atoms with E-state index in [0.717, 1.165) is 30.9 Å². The van der Waals surface area contributed by atoms with Gasteiger partial charge in [0.1, 0.15) is 5.75 Å². The molecule has 1 fully saturated rings. The van der Waals surface area contributed by atoms with Crippen molar-refractivity contribution in [3.63, 3.8) is 0 Å². The summed E-state index contributed by atoms with van der Waals surface area (Å²) < 4.78 is 5.72. The monoisotopic (exact) mass is 248 g/mol. The van der Waals surface area contributed by atoms with Gasteiger partial charge < -0.3 is 15.4 Å². The van der Waals surface area contributed by atoms with Gasteiger partial charge in [-0.05, 0) is 25.5 Å². The van der Waals surface area contributed by atoms with Crippen LogP contribution in [-0.2, 0) is 4.79 Å². The van der Waals surface area contributed by atoms with E-state index < -0.39 is 0 Å². The van der Waals surface area contributed by atoms with Gasteiger partial charge in [-0.2, -0.15) is 0 Å². The van der Waals surface area contributed by atoms with Crippen molar-refractivity contribution in [1.29, 1.82) is 0 Å². The molecule has 0 aliphatic carbocycles. The van der Waals surface area contributed by atoms with Crippen LogP contribution in [0, 0.1) is 5.92 Å². The molecule has 1 saturated heterocycles. The summed E-state index contributed by atoms with van der Waals surface area (Å²) in [7, 11) is 0. The SMILES string of the molecule is CCC(C)Oc1cccc(NC(=O)C2CNC2)c1. The number of hydrogen-bond donors (Lipinski definition) is 2. The average Bonchev–Trinajstić information content (AvgIpc) is 2.26. The molecule has 0 radical (unpaired) electrons. The number of carbonyl (C=O) groups is 1. The normalized spacial score (nSPS) is 16.8. The lowest BCUT2D eigenvalue weighted by atomic mass is 10.0. The third-order valence-electron chi connectivity index (χ3n) is 3.17. The minimum Gasteiger partial charge on any atom is -0.491 e. The second kappa shape index (κ2) is 5.87. The number of rotatable bonds is 5. The van der Waals surface area contributed by atoms with E-state index in [1.807, 2.05) is 31.2 Å². The predicted molar refractivity (Wildman–Crippen MR) is 71.8 cm³/mol. The molecule has 0 saturated carbocycles. The lowest BCUT2D eigenvalue weighted by Crippen LogP contribution is -2.48. The van der Waals surface area contributed by atoms with Crippen LogP contribution in [0.4, 0.5) is 5.69 Å². The van der Waals surface area contributed by atoms with Crippen LogP contribution >= 0.6 is 0 Å². The number of carbonyl (C=O) groups excluding carboxylic acids is 1. The van der Waals surface area contributed by atoms with E-state index in [2.05, 4.69) is 17.6 Å². The van der Waals surface area contributed by atoms with Crippen LogP contribution < -0.4 is 15.4 Å². The van der Waals surface area contributed by atoms with E-state index in [9.17, 15) is 4.79 Å². The summed E-state index contributed by atoms with van der Waals surface area (Å²) in [6.45, 7) is 5.66. The molecule has 4 nitrogen and oxygen atoms in total. The van der Waals surface area contributed by atoms with Crippen molar-refractivity contribution in [3.8, 4) is 5.75 Å². The van der Waals surface area contributed by atoms with E-state index in [-0.39, 0.29) is 17.9 Å². The van der Waals surface area contributed by atoms with Gasteiger partial charge in [0.2, 0.25) is 5.91 Å². The maximum Gasteiger partial charge on any atom is 0.230 e. The standard InChI is InChI=1S/C14H20N2O2/c1-3-10(2)18-13-6-4-5-12(7-13)16-14(17)11-8-15-9-11/h4-7,10-11,15H,3,8-9H2,1-2H3,(H,16,17). The molecule has 1 heterocycles.